The monoisotopic (exact) mass is 963 g/mol. The minimum atomic E-state index is -2.16. The smallest absolute Gasteiger partial charge is 0.312 e. The fourth-order valence-corrected chi connectivity index (χ4v) is 9.25. The first-order chi connectivity index (χ1) is 33.2. The summed E-state index contributed by atoms with van der Waals surface area (Å²) in [6, 6.07) is 17.0. The van der Waals surface area contributed by atoms with Gasteiger partial charge in [0.05, 0.1) is 59.6 Å². The number of anilines is 1. The van der Waals surface area contributed by atoms with E-state index in [0.29, 0.717) is 11.1 Å². The molecule has 7 rings (SSSR count). The molecule has 3 aliphatic heterocycles. The van der Waals surface area contributed by atoms with Crippen LogP contribution in [0.25, 0.3) is 10.8 Å². The first-order valence-corrected chi connectivity index (χ1v) is 22.8. The van der Waals surface area contributed by atoms with E-state index >= 15 is 0 Å². The van der Waals surface area contributed by atoms with Crippen LogP contribution in [-0.2, 0) is 34.0 Å². The molecular weight excluding hydrogens is 903 g/mol. The molecule has 8 N–H and O–H groups in total. The number of hydrogen-bond donors (Lipinski definition) is 8. The molecular formula is C53H61N3O14. The van der Waals surface area contributed by atoms with Crippen molar-refractivity contribution < 1.29 is 68.8 Å². The van der Waals surface area contributed by atoms with Gasteiger partial charge in [-0.2, -0.15) is 5.10 Å². The normalized spacial score (nSPS) is 27.3. The molecule has 0 radical (unpaired) electrons. The number of carbonyl (C=O) groups is 4. The molecule has 0 saturated heterocycles. The molecule has 17 nitrogen and oxygen atoms in total. The molecule has 3 heterocycles. The Morgan fingerprint density at radius 3 is 2.06 bits per heavy atom. The average Bonchev–Trinajstić information content (AvgIpc) is 3.61. The second-order valence-electron chi connectivity index (χ2n) is 18.1. The van der Waals surface area contributed by atoms with Gasteiger partial charge in [-0.15, -0.1) is 0 Å². The van der Waals surface area contributed by atoms with Gasteiger partial charge in [0, 0.05) is 61.2 Å². The number of fused-ring (bicyclic) bond motifs is 14. The third-order valence-corrected chi connectivity index (χ3v) is 13.6. The van der Waals surface area contributed by atoms with Crippen molar-refractivity contribution in [2.24, 2.45) is 28.8 Å². The standard InChI is InChI=1S/C53H61N3O14/c1-27-17-16-18-28(2)50(65)55-41-36(25-54-56-51(66)53(26-57,34-19-12-10-13-20-34)35-21-14-11-15-22-35)45(62)38-39(46(41)63)44(61)32(6)48-40(38)49(64)52(8,70-48)68-24-23-37(67-9)29(3)47(69-33(7)58)31(5)43(60)30(4)42(27)59/h10-25,27,29-31,37,42-43,47,57,59-63H,26H2,1-9H3,(H,55,65)(H,56,66)/b17-16+,24-23+,28-18-,54-25-/t27-,29+,30+,31+,37-,42-,43+,47+,52-/m0/s1. The summed E-state index contributed by atoms with van der Waals surface area (Å²) in [6.45, 7) is 11.5. The molecule has 0 spiro atoms. The molecule has 4 aromatic rings. The molecule has 9 atom stereocenters. The Labute approximate surface area is 405 Å². The van der Waals surface area contributed by atoms with E-state index in [2.05, 4.69) is 15.8 Å². The van der Waals surface area contributed by atoms with Crippen LogP contribution in [0.2, 0.25) is 0 Å². The van der Waals surface area contributed by atoms with Crippen molar-refractivity contribution in [3.8, 4) is 23.0 Å². The second kappa shape index (κ2) is 21.3. The van der Waals surface area contributed by atoms with Crippen LogP contribution in [0.3, 0.4) is 0 Å². The molecule has 70 heavy (non-hydrogen) atoms. The number of nitrogens with one attached hydrogen (secondary N) is 2. The van der Waals surface area contributed by atoms with E-state index in [9.17, 15) is 49.8 Å². The van der Waals surface area contributed by atoms with Crippen molar-refractivity contribution in [1.29, 1.82) is 0 Å². The first-order valence-electron chi connectivity index (χ1n) is 22.8. The summed E-state index contributed by atoms with van der Waals surface area (Å²) in [7, 11) is 1.41. The minimum Gasteiger partial charge on any atom is -0.507 e. The molecule has 4 aromatic carbocycles. The zero-order valence-corrected chi connectivity index (χ0v) is 40.5. The van der Waals surface area contributed by atoms with Gasteiger partial charge in [-0.1, -0.05) is 107 Å². The lowest BCUT2D eigenvalue weighted by Crippen LogP contribution is -2.46. The van der Waals surface area contributed by atoms with Gasteiger partial charge in [0.2, 0.25) is 0 Å². The number of ether oxygens (including phenoxy) is 4. The van der Waals surface area contributed by atoms with Crippen LogP contribution in [0.1, 0.15) is 81.1 Å². The van der Waals surface area contributed by atoms with Crippen molar-refractivity contribution in [2.45, 2.75) is 91.0 Å². The molecule has 0 fully saturated rings. The van der Waals surface area contributed by atoms with Gasteiger partial charge in [-0.05, 0) is 31.1 Å². The van der Waals surface area contributed by atoms with Crippen molar-refractivity contribution in [2.75, 3.05) is 19.0 Å². The number of nitrogens with zero attached hydrogens (tertiary/aromatic N) is 1. The molecule has 2 amide bonds. The molecule has 17 heteroatoms. The third kappa shape index (κ3) is 9.74. The highest BCUT2D eigenvalue weighted by atomic mass is 16.7. The average molecular weight is 964 g/mol. The molecule has 372 valence electrons. The zero-order chi connectivity index (χ0) is 51.4. The maximum atomic E-state index is 14.6. The highest BCUT2D eigenvalue weighted by Crippen LogP contribution is 2.55. The highest BCUT2D eigenvalue weighted by molar-refractivity contribution is 6.24. The summed E-state index contributed by atoms with van der Waals surface area (Å²) in [5, 5.41) is 76.0. The number of rotatable bonds is 8. The maximum Gasteiger partial charge on any atom is 0.312 e. The Bertz CT molecular complexity index is 2710. The van der Waals surface area contributed by atoms with Gasteiger partial charge < -0.3 is 54.9 Å². The number of aromatic hydroxyl groups is 3. The fourth-order valence-electron chi connectivity index (χ4n) is 9.25. The number of aliphatic hydroxyl groups excluding tert-OH is 3. The SMILES string of the molecule is CO[C@H]1/C=C/O[C@@]2(C)Oc3c(C)c(O)c4c(O)c(c(/C=N\NC(=O)C(CO)(c5ccccc5)c5ccccc5)c(O)c4c3C2=O)NC(=O)/C(C)=C\C=C\[C@H](C)[C@H](O)[C@@H](C)[C@@H](O)[C@@H](C)[C@H](OC(C)=O)[C@@H]1C. The van der Waals surface area contributed by atoms with Gasteiger partial charge in [0.25, 0.3) is 17.6 Å². The highest BCUT2D eigenvalue weighted by Gasteiger charge is 2.50. The summed E-state index contributed by atoms with van der Waals surface area (Å²) in [5.74, 6) is -10.3. The molecule has 0 aliphatic carbocycles. The van der Waals surface area contributed by atoms with Gasteiger partial charge >= 0.3 is 11.8 Å². The number of esters is 1. The molecule has 3 aliphatic rings. The number of hydrogen-bond acceptors (Lipinski definition) is 15. The van der Waals surface area contributed by atoms with E-state index in [1.165, 1.54) is 53.0 Å². The van der Waals surface area contributed by atoms with E-state index in [1.54, 1.807) is 94.4 Å². The largest absolute Gasteiger partial charge is 0.507 e. The Morgan fingerprint density at radius 1 is 0.871 bits per heavy atom. The Hall–Kier alpha value is -7.05. The number of phenolic OH excluding ortho intramolecular Hbond substituents is 3. The van der Waals surface area contributed by atoms with Crippen LogP contribution < -0.4 is 15.5 Å². The summed E-state index contributed by atoms with van der Waals surface area (Å²) in [6.07, 6.45) is 4.00. The molecule has 0 saturated carbocycles. The molecule has 5 bridgehead atoms. The lowest BCUT2D eigenvalue weighted by atomic mass is 9.74. The number of amides is 2. The predicted molar refractivity (Wildman–Crippen MR) is 260 cm³/mol. The van der Waals surface area contributed by atoms with Gasteiger partial charge in [-0.3, -0.25) is 19.2 Å². The third-order valence-electron chi connectivity index (χ3n) is 13.6. The fraction of sp³-hybridized carbons (Fsp3) is 0.377. The van der Waals surface area contributed by atoms with Crippen molar-refractivity contribution in [3.05, 3.63) is 125 Å². The minimum absolute atomic E-state index is 0.0348. The number of allylic oxidation sites excluding steroid dienone is 2. The van der Waals surface area contributed by atoms with E-state index in [4.69, 9.17) is 18.9 Å². The van der Waals surface area contributed by atoms with Crippen LogP contribution >= 0.6 is 0 Å². The van der Waals surface area contributed by atoms with E-state index in [0.717, 1.165) is 12.5 Å². The Kier molecular flexibility index (Phi) is 15.9. The number of ketones is 1. The number of benzene rings is 4. The van der Waals surface area contributed by atoms with Crippen molar-refractivity contribution in [3.63, 3.8) is 0 Å². The first kappa shape index (κ1) is 52.3. The number of hydrazone groups is 1. The molecule has 0 unspecified atom stereocenters. The van der Waals surface area contributed by atoms with Crippen LogP contribution in [0, 0.1) is 30.6 Å². The van der Waals surface area contributed by atoms with Crippen molar-refractivity contribution >= 4 is 46.2 Å². The summed E-state index contributed by atoms with van der Waals surface area (Å²) in [5.41, 5.74) is 0.439. The van der Waals surface area contributed by atoms with Crippen LogP contribution in [0.15, 0.2) is 102 Å². The predicted octanol–water partition coefficient (Wildman–Crippen LogP) is 6.18. The topological polar surface area (TPSA) is 263 Å². The number of carbonyl (C=O) groups excluding carboxylic acids is 4. The Morgan fingerprint density at radius 2 is 1.49 bits per heavy atom. The number of Topliss-reactive ketones (excluding diaryl/α,β-unsaturated/α-hetero) is 1. The number of methoxy groups -OCH3 is 1. The van der Waals surface area contributed by atoms with E-state index in [-0.39, 0.29) is 22.4 Å². The number of aliphatic hydroxyl groups is 3. The number of phenols is 3. The quantitative estimate of drug-likeness (QED) is 0.0322. The summed E-state index contributed by atoms with van der Waals surface area (Å²) < 4.78 is 23.6. The zero-order valence-electron chi connectivity index (χ0n) is 40.5. The van der Waals surface area contributed by atoms with Crippen LogP contribution in [-0.4, -0.2) is 104 Å². The Balaban J connectivity index is 1.53. The second-order valence-corrected chi connectivity index (χ2v) is 18.1. The van der Waals surface area contributed by atoms with Crippen LogP contribution in [0.4, 0.5) is 5.69 Å². The maximum absolute atomic E-state index is 14.6. The lowest BCUT2D eigenvalue weighted by molar-refractivity contribution is -0.160. The summed E-state index contributed by atoms with van der Waals surface area (Å²) in [4.78, 5) is 55.4. The van der Waals surface area contributed by atoms with Crippen molar-refractivity contribution in [1.82, 2.24) is 5.43 Å². The van der Waals surface area contributed by atoms with Gasteiger partial charge in [0.1, 0.15) is 28.8 Å². The van der Waals surface area contributed by atoms with E-state index < -0.39 is 129 Å². The lowest BCUT2D eigenvalue weighted by Gasteiger charge is -2.38. The van der Waals surface area contributed by atoms with Gasteiger partial charge in [0.15, 0.2) is 5.75 Å². The summed E-state index contributed by atoms with van der Waals surface area (Å²) >= 11 is 0. The molecule has 0 aromatic heterocycles. The van der Waals surface area contributed by atoms with Crippen LogP contribution in [0.5, 0.6) is 23.0 Å². The van der Waals surface area contributed by atoms with E-state index in [1.807, 2.05) is 0 Å². The van der Waals surface area contributed by atoms with Gasteiger partial charge in [-0.25, -0.2) is 5.43 Å².